The fraction of sp³-hybridized carbons (Fsp3) is 0.200. The van der Waals surface area contributed by atoms with Crippen molar-refractivity contribution < 1.29 is 4.74 Å². The van der Waals surface area contributed by atoms with E-state index in [2.05, 4.69) is 64.4 Å². The van der Waals surface area contributed by atoms with E-state index in [4.69, 9.17) is 9.72 Å². The number of hydrogen-bond donors (Lipinski definition) is 0. The zero-order valence-corrected chi connectivity index (χ0v) is 20.4. The molecule has 1 fully saturated rings. The third-order valence-electron chi connectivity index (χ3n) is 6.82. The number of aromatic nitrogens is 3. The van der Waals surface area contributed by atoms with Crippen molar-refractivity contribution in [3.8, 4) is 28.0 Å². The van der Waals surface area contributed by atoms with Crippen LogP contribution in [-0.2, 0) is 6.61 Å². The number of piperazine rings is 1. The number of nitrogens with zero attached hydrogens (tertiary/aromatic N) is 5. The van der Waals surface area contributed by atoms with Gasteiger partial charge in [0, 0.05) is 55.4 Å². The fourth-order valence-corrected chi connectivity index (χ4v) is 4.65. The Morgan fingerprint density at radius 2 is 1.58 bits per heavy atom. The third kappa shape index (κ3) is 4.68. The van der Waals surface area contributed by atoms with E-state index in [1.807, 2.05) is 59.5 Å². The number of benzene rings is 3. The first-order chi connectivity index (χ1) is 17.7. The number of fused-ring (bicyclic) bond motifs is 1. The molecule has 1 saturated heterocycles. The minimum absolute atomic E-state index is 0.539. The van der Waals surface area contributed by atoms with E-state index in [1.165, 1.54) is 5.69 Å². The summed E-state index contributed by atoms with van der Waals surface area (Å²) in [6, 6.07) is 27.1. The summed E-state index contributed by atoms with van der Waals surface area (Å²) in [7, 11) is 2.18. The fourth-order valence-electron chi connectivity index (χ4n) is 4.65. The van der Waals surface area contributed by atoms with Crippen LogP contribution in [0.3, 0.4) is 0 Å². The van der Waals surface area contributed by atoms with Crippen molar-refractivity contribution >= 4 is 11.3 Å². The van der Waals surface area contributed by atoms with Crippen LogP contribution in [-0.4, -0.2) is 52.7 Å². The maximum absolute atomic E-state index is 6.01. The van der Waals surface area contributed by atoms with Crippen molar-refractivity contribution in [2.75, 3.05) is 38.1 Å². The van der Waals surface area contributed by atoms with Crippen molar-refractivity contribution in [3.63, 3.8) is 0 Å². The highest BCUT2D eigenvalue weighted by molar-refractivity contribution is 5.79. The van der Waals surface area contributed by atoms with Crippen LogP contribution in [0.5, 0.6) is 5.75 Å². The molecule has 5 aromatic rings. The van der Waals surface area contributed by atoms with Gasteiger partial charge in [0.2, 0.25) is 0 Å². The molecular formula is C30H29N5O. The maximum Gasteiger partial charge on any atom is 0.162 e. The Balaban J connectivity index is 1.20. The quantitative estimate of drug-likeness (QED) is 0.329. The number of hydrogen-bond acceptors (Lipinski definition) is 5. The minimum Gasteiger partial charge on any atom is -0.489 e. The molecule has 0 saturated carbocycles. The number of ether oxygens (including phenoxy) is 1. The second-order valence-corrected chi connectivity index (χ2v) is 9.31. The summed E-state index contributed by atoms with van der Waals surface area (Å²) in [5, 5.41) is 4.61. The molecule has 6 rings (SSSR count). The lowest BCUT2D eigenvalue weighted by Gasteiger charge is -2.34. The molecular weight excluding hydrogens is 446 g/mol. The summed E-state index contributed by atoms with van der Waals surface area (Å²) in [6.45, 7) is 4.87. The van der Waals surface area contributed by atoms with Gasteiger partial charge in [-0.2, -0.15) is 5.10 Å². The first kappa shape index (κ1) is 22.3. The van der Waals surface area contributed by atoms with E-state index in [9.17, 15) is 0 Å². The number of rotatable bonds is 6. The van der Waals surface area contributed by atoms with Crippen LogP contribution < -0.4 is 9.64 Å². The van der Waals surface area contributed by atoms with Gasteiger partial charge >= 0.3 is 0 Å². The third-order valence-corrected chi connectivity index (χ3v) is 6.82. The van der Waals surface area contributed by atoms with Crippen molar-refractivity contribution in [2.45, 2.75) is 6.61 Å². The molecule has 0 radical (unpaired) electrons. The van der Waals surface area contributed by atoms with Gasteiger partial charge in [-0.3, -0.25) is 0 Å². The van der Waals surface area contributed by atoms with Crippen LogP contribution in [0.15, 0.2) is 97.5 Å². The topological polar surface area (TPSA) is 45.9 Å². The predicted molar refractivity (Wildman–Crippen MR) is 144 cm³/mol. The van der Waals surface area contributed by atoms with Crippen LogP contribution in [0.25, 0.3) is 27.9 Å². The summed E-state index contributed by atoms with van der Waals surface area (Å²) in [5.41, 5.74) is 7.46. The molecule has 0 bridgehead atoms. The second-order valence-electron chi connectivity index (χ2n) is 9.31. The number of anilines is 1. The summed E-state index contributed by atoms with van der Waals surface area (Å²) < 4.78 is 7.87. The average Bonchev–Trinajstić information content (AvgIpc) is 3.37. The summed E-state index contributed by atoms with van der Waals surface area (Å²) in [4.78, 5) is 9.60. The Morgan fingerprint density at radius 1 is 0.778 bits per heavy atom. The molecule has 0 unspecified atom stereocenters. The Kier molecular flexibility index (Phi) is 6.10. The van der Waals surface area contributed by atoms with Gasteiger partial charge in [-0.1, -0.05) is 54.6 Å². The molecule has 6 nitrogen and oxygen atoms in total. The van der Waals surface area contributed by atoms with Gasteiger partial charge in [-0.05, 0) is 48.0 Å². The molecule has 3 aromatic carbocycles. The van der Waals surface area contributed by atoms with Gasteiger partial charge in [0.1, 0.15) is 12.4 Å². The first-order valence-corrected chi connectivity index (χ1v) is 12.4. The largest absolute Gasteiger partial charge is 0.489 e. The lowest BCUT2D eigenvalue weighted by Crippen LogP contribution is -2.44. The standard InChI is InChI=1S/C30H29N5O/c1-33-14-16-34(17-15-33)27-12-10-24(11-13-27)29-20-32-35-21-26(19-31-30(29)35)25-8-5-9-28(18-25)36-22-23-6-3-2-4-7-23/h2-13,18-21H,14-17,22H2,1H3. The minimum atomic E-state index is 0.539. The van der Waals surface area contributed by atoms with Crippen LogP contribution in [0.2, 0.25) is 0 Å². The van der Waals surface area contributed by atoms with E-state index in [0.717, 1.165) is 65.4 Å². The molecule has 0 spiro atoms. The second kappa shape index (κ2) is 9.84. The smallest absolute Gasteiger partial charge is 0.162 e. The van der Waals surface area contributed by atoms with Gasteiger partial charge < -0.3 is 14.5 Å². The van der Waals surface area contributed by atoms with E-state index >= 15 is 0 Å². The zero-order chi connectivity index (χ0) is 24.3. The van der Waals surface area contributed by atoms with Gasteiger partial charge in [-0.15, -0.1) is 0 Å². The van der Waals surface area contributed by atoms with E-state index in [-0.39, 0.29) is 0 Å². The van der Waals surface area contributed by atoms with Crippen molar-refractivity contribution in [3.05, 3.63) is 103 Å². The normalized spacial score (nSPS) is 14.3. The molecule has 0 aliphatic carbocycles. The highest BCUT2D eigenvalue weighted by Gasteiger charge is 2.15. The molecule has 0 atom stereocenters. The Labute approximate surface area is 211 Å². The SMILES string of the molecule is CN1CCN(c2ccc(-c3cnn4cc(-c5cccc(OCc6ccccc6)c5)cnc34)cc2)CC1. The molecule has 3 heterocycles. The highest BCUT2D eigenvalue weighted by Crippen LogP contribution is 2.29. The zero-order valence-electron chi connectivity index (χ0n) is 20.4. The molecule has 0 amide bonds. The number of likely N-dealkylation sites (N-methyl/N-ethyl adjacent to an activating group) is 1. The lowest BCUT2D eigenvalue weighted by molar-refractivity contribution is 0.306. The van der Waals surface area contributed by atoms with Crippen molar-refractivity contribution in [2.24, 2.45) is 0 Å². The molecule has 180 valence electrons. The molecule has 0 N–H and O–H groups in total. The maximum atomic E-state index is 6.01. The summed E-state index contributed by atoms with van der Waals surface area (Å²) in [6.07, 6.45) is 5.84. The molecule has 6 heteroatoms. The van der Waals surface area contributed by atoms with Crippen LogP contribution in [0.4, 0.5) is 5.69 Å². The Hall–Kier alpha value is -4.16. The Morgan fingerprint density at radius 3 is 2.39 bits per heavy atom. The molecule has 2 aromatic heterocycles. The molecule has 1 aliphatic rings. The van der Waals surface area contributed by atoms with Crippen LogP contribution in [0, 0.1) is 0 Å². The van der Waals surface area contributed by atoms with Gasteiger partial charge in [0.05, 0.1) is 6.20 Å². The van der Waals surface area contributed by atoms with Gasteiger partial charge in [-0.25, -0.2) is 9.50 Å². The lowest BCUT2D eigenvalue weighted by atomic mass is 10.1. The summed E-state index contributed by atoms with van der Waals surface area (Å²) in [5.74, 6) is 0.832. The predicted octanol–water partition coefficient (Wildman–Crippen LogP) is 5.39. The van der Waals surface area contributed by atoms with E-state index < -0.39 is 0 Å². The van der Waals surface area contributed by atoms with E-state index in [0.29, 0.717) is 6.61 Å². The van der Waals surface area contributed by atoms with Crippen molar-refractivity contribution in [1.29, 1.82) is 0 Å². The van der Waals surface area contributed by atoms with Crippen LogP contribution >= 0.6 is 0 Å². The van der Waals surface area contributed by atoms with Gasteiger partial charge in [0.15, 0.2) is 5.65 Å². The van der Waals surface area contributed by atoms with Crippen molar-refractivity contribution in [1.82, 2.24) is 19.5 Å². The average molecular weight is 476 g/mol. The molecule has 36 heavy (non-hydrogen) atoms. The summed E-state index contributed by atoms with van der Waals surface area (Å²) >= 11 is 0. The molecule has 1 aliphatic heterocycles. The Bertz CT molecular complexity index is 1450. The first-order valence-electron chi connectivity index (χ1n) is 12.4. The highest BCUT2D eigenvalue weighted by atomic mass is 16.5. The van der Waals surface area contributed by atoms with E-state index in [1.54, 1.807) is 0 Å². The van der Waals surface area contributed by atoms with Gasteiger partial charge in [0.25, 0.3) is 0 Å². The van der Waals surface area contributed by atoms with Crippen LogP contribution in [0.1, 0.15) is 5.56 Å². The monoisotopic (exact) mass is 475 g/mol.